The topological polar surface area (TPSA) is 29.5 Å². The smallest absolute Gasteiger partial charge is 0.121 e. The van der Waals surface area contributed by atoms with Gasteiger partial charge in [-0.2, -0.15) is 0 Å². The Labute approximate surface area is 90.9 Å². The van der Waals surface area contributed by atoms with Gasteiger partial charge >= 0.3 is 0 Å². The molecule has 1 N–H and O–H groups in total. The minimum atomic E-state index is -0.432. The molecule has 0 aliphatic heterocycles. The largest absolute Gasteiger partial charge is 0.488 e. The summed E-state index contributed by atoms with van der Waals surface area (Å²) in [6.07, 6.45) is 3.03. The monoisotopic (exact) mass is 206 g/mol. The van der Waals surface area contributed by atoms with Gasteiger partial charge in [0.2, 0.25) is 0 Å². The van der Waals surface area contributed by atoms with Crippen molar-refractivity contribution in [2.24, 2.45) is 0 Å². The van der Waals surface area contributed by atoms with Crippen molar-refractivity contribution in [1.82, 2.24) is 0 Å². The fourth-order valence-electron chi connectivity index (χ4n) is 1.93. The maximum Gasteiger partial charge on any atom is 0.121 e. The van der Waals surface area contributed by atoms with Crippen LogP contribution in [-0.4, -0.2) is 17.3 Å². The van der Waals surface area contributed by atoms with Gasteiger partial charge in [0.1, 0.15) is 11.9 Å². The van der Waals surface area contributed by atoms with E-state index < -0.39 is 6.10 Å². The Morgan fingerprint density at radius 2 is 1.93 bits per heavy atom. The van der Waals surface area contributed by atoms with E-state index in [-0.39, 0.29) is 6.10 Å². The van der Waals surface area contributed by atoms with Crippen LogP contribution in [0.15, 0.2) is 18.2 Å². The van der Waals surface area contributed by atoms with Crippen molar-refractivity contribution in [2.75, 3.05) is 0 Å². The van der Waals surface area contributed by atoms with Crippen molar-refractivity contribution >= 4 is 0 Å². The molecule has 82 valence electrons. The summed E-state index contributed by atoms with van der Waals surface area (Å²) in [6.45, 7) is 3.63. The number of hydrogen-bond acceptors (Lipinski definition) is 2. The van der Waals surface area contributed by atoms with Crippen molar-refractivity contribution in [3.63, 3.8) is 0 Å². The molecule has 0 spiro atoms. The van der Waals surface area contributed by atoms with E-state index >= 15 is 0 Å². The SMILES string of the molecule is CC(Oc1ccc2c(c1)CCC2)[C@H](C)O. The predicted octanol–water partition coefficient (Wildman–Crippen LogP) is 2.32. The zero-order valence-corrected chi connectivity index (χ0v) is 9.36. The first kappa shape index (κ1) is 10.5. The van der Waals surface area contributed by atoms with Crippen LogP contribution in [0.1, 0.15) is 31.4 Å². The maximum absolute atomic E-state index is 9.35. The van der Waals surface area contributed by atoms with Gasteiger partial charge in [0.05, 0.1) is 6.10 Å². The summed E-state index contributed by atoms with van der Waals surface area (Å²) in [6, 6.07) is 6.26. The summed E-state index contributed by atoms with van der Waals surface area (Å²) in [4.78, 5) is 0. The summed E-state index contributed by atoms with van der Waals surface area (Å²) in [5, 5.41) is 9.35. The van der Waals surface area contributed by atoms with Gasteiger partial charge < -0.3 is 9.84 Å². The molecule has 1 unspecified atom stereocenters. The molecule has 1 aliphatic carbocycles. The Hall–Kier alpha value is -1.02. The number of ether oxygens (including phenoxy) is 1. The number of aryl methyl sites for hydroxylation is 2. The standard InChI is InChI=1S/C13H18O2/c1-9(14)10(2)15-13-7-6-11-4-3-5-12(11)8-13/h6-10,14H,3-5H2,1-2H3/t9-,10?/m0/s1. The Balaban J connectivity index is 2.10. The lowest BCUT2D eigenvalue weighted by atomic mass is 10.1. The second-order valence-corrected chi connectivity index (χ2v) is 4.35. The van der Waals surface area contributed by atoms with Crippen LogP contribution in [0.25, 0.3) is 0 Å². The minimum absolute atomic E-state index is 0.149. The van der Waals surface area contributed by atoms with E-state index in [1.54, 1.807) is 6.92 Å². The number of rotatable bonds is 3. The highest BCUT2D eigenvalue weighted by Gasteiger charge is 2.14. The van der Waals surface area contributed by atoms with Gasteiger partial charge in [-0.15, -0.1) is 0 Å². The number of fused-ring (bicyclic) bond motifs is 1. The molecular formula is C13H18O2. The molecule has 0 aromatic heterocycles. The first-order chi connectivity index (χ1) is 7.16. The van der Waals surface area contributed by atoms with Crippen LogP contribution in [0.4, 0.5) is 0 Å². The zero-order valence-electron chi connectivity index (χ0n) is 9.36. The van der Waals surface area contributed by atoms with Crippen LogP contribution >= 0.6 is 0 Å². The van der Waals surface area contributed by atoms with Crippen molar-refractivity contribution in [3.05, 3.63) is 29.3 Å². The predicted molar refractivity (Wildman–Crippen MR) is 60.2 cm³/mol. The van der Waals surface area contributed by atoms with E-state index in [1.807, 2.05) is 13.0 Å². The van der Waals surface area contributed by atoms with E-state index in [2.05, 4.69) is 12.1 Å². The highest BCUT2D eigenvalue weighted by molar-refractivity contribution is 5.38. The summed E-state index contributed by atoms with van der Waals surface area (Å²) in [7, 11) is 0. The highest BCUT2D eigenvalue weighted by atomic mass is 16.5. The molecule has 0 bridgehead atoms. The van der Waals surface area contributed by atoms with Crippen molar-refractivity contribution in [1.29, 1.82) is 0 Å². The molecule has 2 heteroatoms. The normalized spacial score (nSPS) is 18.3. The molecule has 1 aromatic rings. The van der Waals surface area contributed by atoms with Crippen molar-refractivity contribution in [2.45, 2.75) is 45.3 Å². The van der Waals surface area contributed by atoms with Gasteiger partial charge in [0.25, 0.3) is 0 Å². The molecule has 2 atom stereocenters. The average molecular weight is 206 g/mol. The molecule has 1 aromatic carbocycles. The fourth-order valence-corrected chi connectivity index (χ4v) is 1.93. The van der Waals surface area contributed by atoms with Gasteiger partial charge in [-0.05, 0) is 56.4 Å². The van der Waals surface area contributed by atoms with Crippen molar-refractivity contribution < 1.29 is 9.84 Å². The maximum atomic E-state index is 9.35. The molecule has 2 rings (SSSR count). The van der Waals surface area contributed by atoms with Crippen LogP contribution < -0.4 is 4.74 Å². The number of benzene rings is 1. The molecule has 0 radical (unpaired) electrons. The third-order valence-corrected chi connectivity index (χ3v) is 3.07. The Morgan fingerprint density at radius 3 is 2.67 bits per heavy atom. The fraction of sp³-hybridized carbons (Fsp3) is 0.538. The number of aliphatic hydroxyl groups is 1. The summed E-state index contributed by atoms with van der Waals surface area (Å²) >= 11 is 0. The van der Waals surface area contributed by atoms with Crippen LogP contribution in [0.5, 0.6) is 5.75 Å². The van der Waals surface area contributed by atoms with Gasteiger partial charge in [-0.25, -0.2) is 0 Å². The van der Waals surface area contributed by atoms with Crippen LogP contribution in [0, 0.1) is 0 Å². The summed E-state index contributed by atoms with van der Waals surface area (Å²) in [5.74, 6) is 0.879. The molecule has 0 saturated heterocycles. The van der Waals surface area contributed by atoms with E-state index in [0.717, 1.165) is 12.2 Å². The van der Waals surface area contributed by atoms with Gasteiger partial charge in [0, 0.05) is 0 Å². The quantitative estimate of drug-likeness (QED) is 0.822. The van der Waals surface area contributed by atoms with Gasteiger partial charge in [0.15, 0.2) is 0 Å². The molecule has 1 aliphatic rings. The lowest BCUT2D eigenvalue weighted by molar-refractivity contribution is 0.0604. The second kappa shape index (κ2) is 4.23. The Kier molecular flexibility index (Phi) is 2.96. The van der Waals surface area contributed by atoms with E-state index in [1.165, 1.54) is 24.0 Å². The molecule has 0 saturated carbocycles. The van der Waals surface area contributed by atoms with E-state index in [9.17, 15) is 5.11 Å². The molecule has 0 heterocycles. The minimum Gasteiger partial charge on any atom is -0.488 e. The van der Waals surface area contributed by atoms with E-state index in [4.69, 9.17) is 4.74 Å². The second-order valence-electron chi connectivity index (χ2n) is 4.35. The van der Waals surface area contributed by atoms with Crippen LogP contribution in [-0.2, 0) is 12.8 Å². The van der Waals surface area contributed by atoms with E-state index in [0.29, 0.717) is 0 Å². The molecular weight excluding hydrogens is 188 g/mol. The third-order valence-electron chi connectivity index (χ3n) is 3.07. The van der Waals surface area contributed by atoms with Crippen LogP contribution in [0.3, 0.4) is 0 Å². The zero-order chi connectivity index (χ0) is 10.8. The molecule has 15 heavy (non-hydrogen) atoms. The molecule has 0 amide bonds. The third kappa shape index (κ3) is 2.32. The Morgan fingerprint density at radius 1 is 1.20 bits per heavy atom. The lowest BCUT2D eigenvalue weighted by Crippen LogP contribution is -2.25. The van der Waals surface area contributed by atoms with Gasteiger partial charge in [-0.3, -0.25) is 0 Å². The molecule has 2 nitrogen and oxygen atoms in total. The van der Waals surface area contributed by atoms with Gasteiger partial charge in [-0.1, -0.05) is 6.07 Å². The molecule has 0 fully saturated rings. The van der Waals surface area contributed by atoms with Crippen LogP contribution in [0.2, 0.25) is 0 Å². The first-order valence-electron chi connectivity index (χ1n) is 5.63. The summed E-state index contributed by atoms with van der Waals surface area (Å²) in [5.41, 5.74) is 2.86. The number of aliphatic hydroxyl groups excluding tert-OH is 1. The number of hydrogen-bond donors (Lipinski definition) is 1. The highest BCUT2D eigenvalue weighted by Crippen LogP contribution is 2.26. The summed E-state index contributed by atoms with van der Waals surface area (Å²) < 4.78 is 5.65. The Bertz CT molecular complexity index is 344. The van der Waals surface area contributed by atoms with Crippen molar-refractivity contribution in [3.8, 4) is 5.75 Å². The lowest BCUT2D eigenvalue weighted by Gasteiger charge is -2.17. The average Bonchev–Trinajstić information content (AvgIpc) is 2.64. The first-order valence-corrected chi connectivity index (χ1v) is 5.63.